The van der Waals surface area contributed by atoms with E-state index < -0.39 is 65.9 Å². The molecule has 0 radical (unpaired) electrons. The number of hydrogen-bond donors (Lipinski definition) is 6. The van der Waals surface area contributed by atoms with Gasteiger partial charge in [-0.05, 0) is 116 Å². The molecule has 0 bridgehead atoms. The number of primary amides is 1. The van der Waals surface area contributed by atoms with Crippen LogP contribution in [0.15, 0.2) is 97.1 Å². The molecule has 0 saturated carbocycles. The number of halogens is 2. The van der Waals surface area contributed by atoms with E-state index in [2.05, 4.69) is 21.3 Å². The average molecular weight is 943 g/mol. The third-order valence-electron chi connectivity index (χ3n) is 11.6. The lowest BCUT2D eigenvalue weighted by atomic mass is 9.78. The van der Waals surface area contributed by atoms with Crippen molar-refractivity contribution in [2.45, 2.75) is 70.4 Å². The summed E-state index contributed by atoms with van der Waals surface area (Å²) < 4.78 is 38.3. The number of rotatable bonds is 22. The normalized spacial score (nSPS) is 15.6. The maximum atomic E-state index is 13.8. The number of urea groups is 1. The first kappa shape index (κ1) is 51.9. The minimum absolute atomic E-state index is 0.0323. The Morgan fingerprint density at radius 1 is 0.809 bits per heavy atom. The fourth-order valence-corrected chi connectivity index (χ4v) is 7.67. The third-order valence-corrected chi connectivity index (χ3v) is 11.6. The molecular formula is C49H60F2N8O9. The van der Waals surface area contributed by atoms with Crippen molar-refractivity contribution in [3.8, 4) is 5.75 Å². The molecule has 1 aliphatic heterocycles. The lowest BCUT2D eigenvalue weighted by Gasteiger charge is -2.48. The van der Waals surface area contributed by atoms with Crippen molar-refractivity contribution in [2.24, 2.45) is 17.6 Å². The summed E-state index contributed by atoms with van der Waals surface area (Å²) in [5.41, 5.74) is 7.99. The van der Waals surface area contributed by atoms with Crippen LogP contribution in [0, 0.1) is 23.5 Å². The van der Waals surface area contributed by atoms with Gasteiger partial charge in [0.05, 0.1) is 24.1 Å². The van der Waals surface area contributed by atoms with Crippen LogP contribution in [0.25, 0.3) is 0 Å². The molecule has 0 unspecified atom stereocenters. The zero-order chi connectivity index (χ0) is 49.5. The average Bonchev–Trinajstić information content (AvgIpc) is 3.31. The van der Waals surface area contributed by atoms with E-state index >= 15 is 0 Å². The minimum Gasteiger partial charge on any atom is -0.445 e. The summed E-state index contributed by atoms with van der Waals surface area (Å²) in [5.74, 6) is -2.17. The summed E-state index contributed by atoms with van der Waals surface area (Å²) in [4.78, 5) is 80.8. The monoisotopic (exact) mass is 942 g/mol. The van der Waals surface area contributed by atoms with E-state index in [0.29, 0.717) is 35.3 Å². The Morgan fingerprint density at radius 3 is 2.00 bits per heavy atom. The van der Waals surface area contributed by atoms with Crippen molar-refractivity contribution in [3.05, 3.63) is 125 Å². The molecule has 7 N–H and O–H groups in total. The Balaban J connectivity index is 1.09. The third kappa shape index (κ3) is 14.4. The van der Waals surface area contributed by atoms with Crippen LogP contribution in [-0.4, -0.2) is 104 Å². The van der Waals surface area contributed by atoms with Crippen molar-refractivity contribution in [1.29, 1.82) is 0 Å². The van der Waals surface area contributed by atoms with E-state index in [-0.39, 0.29) is 62.6 Å². The zero-order valence-electron chi connectivity index (χ0n) is 38.7. The van der Waals surface area contributed by atoms with Crippen molar-refractivity contribution in [2.75, 3.05) is 51.0 Å². The number of likely N-dealkylation sites (N-methyl/N-ethyl adjacent to an activating group) is 3. The number of carbonyl (C=O) groups is 6. The molecule has 1 heterocycles. The second kappa shape index (κ2) is 24.6. The zero-order valence-corrected chi connectivity index (χ0v) is 38.7. The number of anilines is 2. The molecule has 4 aromatic rings. The Labute approximate surface area is 394 Å². The van der Waals surface area contributed by atoms with Crippen LogP contribution >= 0.6 is 0 Å². The van der Waals surface area contributed by atoms with Gasteiger partial charge in [0, 0.05) is 45.1 Å². The molecule has 4 aromatic carbocycles. The van der Waals surface area contributed by atoms with Gasteiger partial charge in [0.25, 0.3) is 0 Å². The molecule has 7 amide bonds. The van der Waals surface area contributed by atoms with E-state index in [4.69, 9.17) is 15.2 Å². The van der Waals surface area contributed by atoms with E-state index in [0.717, 1.165) is 5.56 Å². The molecule has 1 aliphatic rings. The number of nitrogens with one attached hydrogen (secondary N) is 4. The number of carbonyl (C=O) groups excluding carboxylic acids is 6. The number of aliphatic hydroxyl groups excluding tert-OH is 1. The van der Waals surface area contributed by atoms with Gasteiger partial charge in [-0.1, -0.05) is 50.2 Å². The van der Waals surface area contributed by atoms with Crippen LogP contribution in [-0.2, 0) is 25.7 Å². The standard InChI is InChI=1S/C49H60F2N8O9/c1-30(2)42(53-3)45(62)56-40(7-6-26-54-47(52)64)44(61)55-36-18-8-31(9-19-36)29-67-48(65)57(4)27-28-58(5)49(66)68-38-22-12-33(13-23-38)43-39(24-25-41(60)32-10-14-34(50)15-11-32)46(63)59(43)37-20-16-35(51)17-21-37/h8-23,30,39-43,53,60H,6-7,24-29H2,1-5H3,(H,55,61)(H,56,62)(H3,52,54,64)/t39-,40+,41+,42+,43-/m1/s1. The highest BCUT2D eigenvalue weighted by Crippen LogP contribution is 2.46. The quantitative estimate of drug-likeness (QED) is 0.0398. The van der Waals surface area contributed by atoms with Gasteiger partial charge in [-0.25, -0.2) is 23.2 Å². The lowest BCUT2D eigenvalue weighted by molar-refractivity contribution is -0.131. The Kier molecular flexibility index (Phi) is 18.8. The van der Waals surface area contributed by atoms with Gasteiger partial charge in [0.2, 0.25) is 17.7 Å². The molecule has 0 spiro atoms. The number of hydrogen-bond acceptors (Lipinski definition) is 10. The fraction of sp³-hybridized carbons (Fsp3) is 0.388. The number of ether oxygens (including phenoxy) is 2. The van der Waals surface area contributed by atoms with Gasteiger partial charge in [0.15, 0.2) is 0 Å². The summed E-state index contributed by atoms with van der Waals surface area (Å²) in [5, 5.41) is 21.8. The molecule has 1 fully saturated rings. The first-order chi connectivity index (χ1) is 32.4. The summed E-state index contributed by atoms with van der Waals surface area (Å²) in [6.07, 6.45) is -1.05. The molecule has 1 saturated heterocycles. The maximum Gasteiger partial charge on any atom is 0.415 e. The maximum absolute atomic E-state index is 13.8. The van der Waals surface area contributed by atoms with Gasteiger partial charge < -0.3 is 56.3 Å². The van der Waals surface area contributed by atoms with Crippen LogP contribution < -0.4 is 36.6 Å². The fourth-order valence-electron chi connectivity index (χ4n) is 7.67. The van der Waals surface area contributed by atoms with Crippen LogP contribution in [0.2, 0.25) is 0 Å². The smallest absolute Gasteiger partial charge is 0.415 e. The highest BCUT2D eigenvalue weighted by molar-refractivity contribution is 6.03. The molecule has 17 nitrogen and oxygen atoms in total. The molecule has 5 rings (SSSR count). The van der Waals surface area contributed by atoms with Crippen molar-refractivity contribution in [1.82, 2.24) is 25.8 Å². The predicted octanol–water partition coefficient (Wildman–Crippen LogP) is 6.00. The predicted molar refractivity (Wildman–Crippen MR) is 250 cm³/mol. The van der Waals surface area contributed by atoms with E-state index in [1.807, 2.05) is 13.8 Å². The van der Waals surface area contributed by atoms with Crippen LogP contribution in [0.4, 0.5) is 34.5 Å². The lowest BCUT2D eigenvalue weighted by Crippen LogP contribution is -2.55. The number of aliphatic hydroxyl groups is 1. The molecule has 0 aromatic heterocycles. The molecule has 19 heteroatoms. The van der Waals surface area contributed by atoms with E-state index in [1.54, 1.807) is 60.5 Å². The number of benzene rings is 4. The van der Waals surface area contributed by atoms with Crippen LogP contribution in [0.3, 0.4) is 0 Å². The van der Waals surface area contributed by atoms with Crippen molar-refractivity contribution in [3.63, 3.8) is 0 Å². The number of β-lactam (4-membered cyclic amide) rings is 1. The summed E-state index contributed by atoms with van der Waals surface area (Å²) >= 11 is 0. The van der Waals surface area contributed by atoms with Crippen molar-refractivity contribution >= 4 is 47.3 Å². The van der Waals surface area contributed by atoms with E-state index in [1.165, 1.54) is 72.4 Å². The minimum atomic E-state index is -0.913. The van der Waals surface area contributed by atoms with Crippen LogP contribution in [0.5, 0.6) is 5.75 Å². The molecule has 364 valence electrons. The van der Waals surface area contributed by atoms with Gasteiger partial charge in [0.1, 0.15) is 30.0 Å². The van der Waals surface area contributed by atoms with Gasteiger partial charge in [-0.2, -0.15) is 0 Å². The second-order valence-electron chi connectivity index (χ2n) is 16.9. The molecule has 0 aliphatic carbocycles. The summed E-state index contributed by atoms with van der Waals surface area (Å²) in [6, 6.07) is 21.8. The number of nitrogens with two attached hydrogens (primary N) is 1. The van der Waals surface area contributed by atoms with E-state index in [9.17, 15) is 42.7 Å². The highest BCUT2D eigenvalue weighted by Gasteiger charge is 2.48. The van der Waals surface area contributed by atoms with Gasteiger partial charge in [-0.15, -0.1) is 0 Å². The van der Waals surface area contributed by atoms with Gasteiger partial charge >= 0.3 is 18.2 Å². The topological polar surface area (TPSA) is 225 Å². The first-order valence-electron chi connectivity index (χ1n) is 22.3. The Morgan fingerprint density at radius 2 is 1.41 bits per heavy atom. The number of amides is 7. The molecule has 68 heavy (non-hydrogen) atoms. The second-order valence-corrected chi connectivity index (χ2v) is 16.9. The SMILES string of the molecule is CN[C@H](C(=O)N[C@@H](CCCNC(N)=O)C(=O)Nc1ccc(COC(=O)N(C)CCN(C)C(=O)Oc2ccc([C@@H]3[C@@H](CC[C@H](O)c4ccc(F)cc4)C(=O)N3c3ccc(F)cc3)cc2)cc1)C(C)C. The summed E-state index contributed by atoms with van der Waals surface area (Å²) in [6.45, 7) is 4.14. The Hall–Kier alpha value is -7.12. The van der Waals surface area contributed by atoms with Crippen molar-refractivity contribution < 1.29 is 52.1 Å². The number of nitrogens with zero attached hydrogens (tertiary/aromatic N) is 3. The van der Waals surface area contributed by atoms with Crippen LogP contribution in [0.1, 0.15) is 68.4 Å². The molecular weight excluding hydrogens is 883 g/mol. The highest BCUT2D eigenvalue weighted by atomic mass is 19.1. The largest absolute Gasteiger partial charge is 0.445 e. The van der Waals surface area contributed by atoms with Gasteiger partial charge in [-0.3, -0.25) is 14.4 Å². The Bertz CT molecular complexity index is 2340. The molecule has 5 atom stereocenters. The first-order valence-corrected chi connectivity index (χ1v) is 22.3. The summed E-state index contributed by atoms with van der Waals surface area (Å²) in [7, 11) is 4.70.